The predicted octanol–water partition coefficient (Wildman–Crippen LogP) is 2.28. The highest BCUT2D eigenvalue weighted by Crippen LogP contribution is 2.26. The zero-order valence-corrected chi connectivity index (χ0v) is 11.2. The third kappa shape index (κ3) is 3.42. The molecule has 1 aliphatic heterocycles. The van der Waals surface area contributed by atoms with Crippen molar-refractivity contribution in [3.05, 3.63) is 0 Å². The summed E-state index contributed by atoms with van der Waals surface area (Å²) in [5, 5.41) is 0. The molecule has 1 saturated heterocycles. The van der Waals surface area contributed by atoms with Crippen molar-refractivity contribution < 1.29 is 0 Å². The van der Waals surface area contributed by atoms with Gasteiger partial charge >= 0.3 is 0 Å². The second-order valence-electron chi connectivity index (χ2n) is 5.71. The summed E-state index contributed by atoms with van der Waals surface area (Å²) in [6, 6.07) is 0. The van der Waals surface area contributed by atoms with Crippen molar-refractivity contribution in [2.75, 3.05) is 19.6 Å². The topological polar surface area (TPSA) is 29.3 Å². The summed E-state index contributed by atoms with van der Waals surface area (Å²) in [6.07, 6.45) is 1.07. The molecule has 0 aliphatic carbocycles. The van der Waals surface area contributed by atoms with E-state index in [0.717, 1.165) is 24.8 Å². The normalized spacial score (nSPS) is 28.3. The molecule has 1 rings (SSSR count). The molecule has 1 heterocycles. The van der Waals surface area contributed by atoms with Gasteiger partial charge in [-0.15, -0.1) is 0 Å². The molecule has 15 heavy (non-hydrogen) atoms. The quantitative estimate of drug-likeness (QED) is 0.749. The SMILES string of the molecule is CC1CN(CCC(C)(C)C(N)=S)CC1C. The first-order valence-corrected chi connectivity index (χ1v) is 6.26. The van der Waals surface area contributed by atoms with Gasteiger partial charge in [-0.25, -0.2) is 0 Å². The van der Waals surface area contributed by atoms with Crippen LogP contribution in [0.4, 0.5) is 0 Å². The minimum atomic E-state index is 0.00436. The maximum absolute atomic E-state index is 5.72. The van der Waals surface area contributed by atoms with Gasteiger partial charge in [0.25, 0.3) is 0 Å². The Labute approximate surface area is 99.2 Å². The van der Waals surface area contributed by atoms with Gasteiger partial charge in [-0.1, -0.05) is 39.9 Å². The fourth-order valence-electron chi connectivity index (χ4n) is 1.99. The number of nitrogens with zero attached hydrogens (tertiary/aromatic N) is 1. The van der Waals surface area contributed by atoms with E-state index < -0.39 is 0 Å². The van der Waals surface area contributed by atoms with Gasteiger partial charge in [0.2, 0.25) is 0 Å². The van der Waals surface area contributed by atoms with Crippen LogP contribution in [0.25, 0.3) is 0 Å². The fraction of sp³-hybridized carbons (Fsp3) is 0.917. The Morgan fingerprint density at radius 1 is 1.33 bits per heavy atom. The standard InChI is InChI=1S/C12H24N2S/c1-9-7-14(8-10(9)2)6-5-12(3,4)11(13)15/h9-10H,5-8H2,1-4H3,(H2,13,15). The Balaban J connectivity index is 2.36. The van der Waals surface area contributed by atoms with Crippen molar-refractivity contribution in [2.45, 2.75) is 34.1 Å². The van der Waals surface area contributed by atoms with Crippen LogP contribution in [-0.2, 0) is 0 Å². The van der Waals surface area contributed by atoms with Crippen LogP contribution in [-0.4, -0.2) is 29.5 Å². The molecule has 2 nitrogen and oxygen atoms in total. The highest BCUT2D eigenvalue weighted by molar-refractivity contribution is 7.80. The lowest BCUT2D eigenvalue weighted by Gasteiger charge is -2.26. The summed E-state index contributed by atoms with van der Waals surface area (Å²) in [7, 11) is 0. The Morgan fingerprint density at radius 2 is 1.80 bits per heavy atom. The van der Waals surface area contributed by atoms with Gasteiger partial charge < -0.3 is 10.6 Å². The maximum Gasteiger partial charge on any atom is 0.0784 e. The maximum atomic E-state index is 5.72. The minimum absolute atomic E-state index is 0.00436. The molecule has 0 radical (unpaired) electrons. The molecular formula is C12H24N2S. The first-order chi connectivity index (χ1) is 6.83. The van der Waals surface area contributed by atoms with Crippen molar-refractivity contribution in [1.29, 1.82) is 0 Å². The molecule has 1 aliphatic rings. The van der Waals surface area contributed by atoms with Crippen molar-refractivity contribution >= 4 is 17.2 Å². The molecule has 2 atom stereocenters. The first kappa shape index (κ1) is 12.9. The minimum Gasteiger partial charge on any atom is -0.393 e. The Morgan fingerprint density at radius 3 is 2.20 bits per heavy atom. The summed E-state index contributed by atoms with van der Waals surface area (Å²) in [6.45, 7) is 12.5. The van der Waals surface area contributed by atoms with E-state index in [2.05, 4.69) is 32.6 Å². The average Bonchev–Trinajstić information content (AvgIpc) is 2.43. The van der Waals surface area contributed by atoms with Crippen LogP contribution in [0.5, 0.6) is 0 Å². The van der Waals surface area contributed by atoms with Gasteiger partial charge in [0.1, 0.15) is 0 Å². The Kier molecular flexibility index (Phi) is 4.13. The Bertz CT molecular complexity index is 228. The number of rotatable bonds is 4. The molecule has 1 fully saturated rings. The van der Waals surface area contributed by atoms with E-state index in [9.17, 15) is 0 Å². The summed E-state index contributed by atoms with van der Waals surface area (Å²) >= 11 is 5.08. The lowest BCUT2D eigenvalue weighted by molar-refractivity contribution is 0.284. The molecule has 0 aromatic carbocycles. The number of thiocarbonyl (C=S) groups is 1. The van der Waals surface area contributed by atoms with Crippen molar-refractivity contribution in [3.63, 3.8) is 0 Å². The average molecular weight is 228 g/mol. The third-order valence-corrected chi connectivity index (χ3v) is 4.34. The second-order valence-corrected chi connectivity index (χ2v) is 6.15. The molecule has 0 saturated carbocycles. The zero-order valence-electron chi connectivity index (χ0n) is 10.4. The second kappa shape index (κ2) is 4.79. The number of hydrogen-bond donors (Lipinski definition) is 1. The van der Waals surface area contributed by atoms with Crippen LogP contribution in [0.3, 0.4) is 0 Å². The Hall–Kier alpha value is -0.150. The van der Waals surface area contributed by atoms with Gasteiger partial charge in [-0.2, -0.15) is 0 Å². The molecule has 0 aromatic rings. The van der Waals surface area contributed by atoms with Crippen LogP contribution in [0, 0.1) is 17.3 Å². The summed E-state index contributed by atoms with van der Waals surface area (Å²) in [5.74, 6) is 1.66. The van der Waals surface area contributed by atoms with Crippen LogP contribution >= 0.6 is 12.2 Å². The smallest absolute Gasteiger partial charge is 0.0784 e. The van der Waals surface area contributed by atoms with E-state index in [1.807, 2.05) is 0 Å². The highest BCUT2D eigenvalue weighted by Gasteiger charge is 2.28. The third-order valence-electron chi connectivity index (χ3n) is 3.78. The molecule has 3 heteroatoms. The molecule has 2 N–H and O–H groups in total. The van der Waals surface area contributed by atoms with E-state index >= 15 is 0 Å². The molecule has 88 valence electrons. The van der Waals surface area contributed by atoms with E-state index in [1.54, 1.807) is 0 Å². The van der Waals surface area contributed by atoms with E-state index in [-0.39, 0.29) is 5.41 Å². The van der Waals surface area contributed by atoms with Gasteiger partial charge in [0.05, 0.1) is 4.99 Å². The van der Waals surface area contributed by atoms with Crippen molar-refractivity contribution in [1.82, 2.24) is 4.90 Å². The molecule has 0 aromatic heterocycles. The van der Waals surface area contributed by atoms with Crippen LogP contribution < -0.4 is 5.73 Å². The van der Waals surface area contributed by atoms with E-state index in [1.165, 1.54) is 13.1 Å². The van der Waals surface area contributed by atoms with Crippen LogP contribution in [0.2, 0.25) is 0 Å². The van der Waals surface area contributed by atoms with E-state index in [0.29, 0.717) is 4.99 Å². The summed E-state index contributed by atoms with van der Waals surface area (Å²) in [4.78, 5) is 3.18. The molecule has 0 amide bonds. The lowest BCUT2D eigenvalue weighted by atomic mass is 9.89. The zero-order chi connectivity index (χ0) is 11.6. The number of nitrogens with two attached hydrogens (primary N) is 1. The van der Waals surface area contributed by atoms with Gasteiger partial charge in [-0.05, 0) is 24.8 Å². The first-order valence-electron chi connectivity index (χ1n) is 5.85. The lowest BCUT2D eigenvalue weighted by Crippen LogP contribution is -2.34. The monoisotopic (exact) mass is 228 g/mol. The van der Waals surface area contributed by atoms with Crippen molar-refractivity contribution in [2.24, 2.45) is 23.0 Å². The molecule has 0 bridgehead atoms. The largest absolute Gasteiger partial charge is 0.393 e. The van der Waals surface area contributed by atoms with Crippen LogP contribution in [0.1, 0.15) is 34.1 Å². The molecule has 0 spiro atoms. The molecular weight excluding hydrogens is 204 g/mol. The molecule has 2 unspecified atom stereocenters. The summed E-state index contributed by atoms with van der Waals surface area (Å²) < 4.78 is 0. The predicted molar refractivity (Wildman–Crippen MR) is 70.0 cm³/mol. The van der Waals surface area contributed by atoms with Gasteiger partial charge in [0.15, 0.2) is 0 Å². The number of hydrogen-bond acceptors (Lipinski definition) is 2. The van der Waals surface area contributed by atoms with Crippen molar-refractivity contribution in [3.8, 4) is 0 Å². The fourth-order valence-corrected chi connectivity index (χ4v) is 2.09. The van der Waals surface area contributed by atoms with E-state index in [4.69, 9.17) is 18.0 Å². The number of likely N-dealkylation sites (tertiary alicyclic amines) is 1. The van der Waals surface area contributed by atoms with Gasteiger partial charge in [-0.3, -0.25) is 0 Å². The van der Waals surface area contributed by atoms with Gasteiger partial charge in [0, 0.05) is 18.5 Å². The highest BCUT2D eigenvalue weighted by atomic mass is 32.1. The summed E-state index contributed by atoms with van der Waals surface area (Å²) in [5.41, 5.74) is 5.73. The van der Waals surface area contributed by atoms with Crippen LogP contribution in [0.15, 0.2) is 0 Å².